The Bertz CT molecular complexity index is 226. The van der Waals surface area contributed by atoms with Crippen LogP contribution >= 0.6 is 23.4 Å². The molecule has 1 heterocycles. The molecule has 1 rings (SSSR count). The summed E-state index contributed by atoms with van der Waals surface area (Å²) in [4.78, 5) is 22.9. The molecule has 1 aliphatic heterocycles. The highest BCUT2D eigenvalue weighted by atomic mass is 35.5. The molecule has 0 aromatic heterocycles. The lowest BCUT2D eigenvalue weighted by Crippen LogP contribution is -2.22. The van der Waals surface area contributed by atoms with Crippen molar-refractivity contribution in [3.63, 3.8) is 0 Å². The number of hydrogen-bond acceptors (Lipinski definition) is 3. The topological polar surface area (TPSA) is 37.4 Å². The molecule has 0 spiro atoms. The normalized spacial score (nSPS) is 23.0. The molecular weight excluding hydrogens is 174 g/mol. The summed E-state index contributed by atoms with van der Waals surface area (Å²) in [7, 11) is 1.42. The number of hydrogen-bond donors (Lipinski definition) is 0. The molecule has 0 aromatic rings. The Labute approximate surface area is 67.0 Å². The van der Waals surface area contributed by atoms with Crippen molar-refractivity contribution < 1.29 is 9.59 Å². The second kappa shape index (κ2) is 2.64. The van der Waals surface area contributed by atoms with Crippen LogP contribution in [0.25, 0.3) is 0 Å². The minimum absolute atomic E-state index is 0.281. The fourth-order valence-electron chi connectivity index (χ4n) is 0.523. The van der Waals surface area contributed by atoms with Gasteiger partial charge in [-0.15, -0.1) is 0 Å². The van der Waals surface area contributed by atoms with Crippen molar-refractivity contribution in [1.82, 2.24) is 4.90 Å². The van der Waals surface area contributed by atoms with E-state index in [9.17, 15) is 9.59 Å². The van der Waals surface area contributed by atoms with Crippen molar-refractivity contribution in [2.45, 2.75) is 0 Å². The number of amides is 2. The first-order chi connectivity index (χ1) is 4.66. The van der Waals surface area contributed by atoms with Crippen molar-refractivity contribution in [2.24, 2.45) is 0 Å². The molecule has 3 nitrogen and oxygen atoms in total. The van der Waals surface area contributed by atoms with Crippen LogP contribution in [0.5, 0.6) is 0 Å². The molecule has 0 unspecified atom stereocenters. The Morgan fingerprint density at radius 2 is 2.20 bits per heavy atom. The molecule has 1 saturated heterocycles. The number of thioether (sulfide) groups is 1. The third-order valence-electron chi connectivity index (χ3n) is 1.09. The maximum atomic E-state index is 10.9. The highest BCUT2D eigenvalue weighted by Crippen LogP contribution is 2.29. The lowest BCUT2D eigenvalue weighted by atomic mass is 10.5. The van der Waals surface area contributed by atoms with E-state index in [1.165, 1.54) is 7.05 Å². The minimum atomic E-state index is -0.329. The van der Waals surface area contributed by atoms with Gasteiger partial charge in [-0.25, -0.2) is 0 Å². The van der Waals surface area contributed by atoms with Gasteiger partial charge >= 0.3 is 0 Å². The van der Waals surface area contributed by atoms with Gasteiger partial charge in [-0.2, -0.15) is 0 Å². The monoisotopic (exact) mass is 177 g/mol. The third kappa shape index (κ3) is 1.04. The van der Waals surface area contributed by atoms with E-state index in [4.69, 9.17) is 11.6 Å². The highest BCUT2D eigenvalue weighted by molar-refractivity contribution is 8.18. The van der Waals surface area contributed by atoms with Crippen LogP contribution in [0.3, 0.4) is 0 Å². The summed E-state index contributed by atoms with van der Waals surface area (Å²) in [5.74, 6) is -0.329. The summed E-state index contributed by atoms with van der Waals surface area (Å²) in [6, 6.07) is 0. The summed E-state index contributed by atoms with van der Waals surface area (Å²) >= 11 is 6.10. The standard InChI is InChI=1S/C5H4ClNO2S/c1-7-4(8)3(2-6)10-5(7)9/h2H,1H3/b3-2-. The summed E-state index contributed by atoms with van der Waals surface area (Å²) in [5.41, 5.74) is 1.12. The quantitative estimate of drug-likeness (QED) is 0.525. The first-order valence-electron chi connectivity index (χ1n) is 2.47. The molecule has 0 N–H and O–H groups in total. The summed E-state index contributed by atoms with van der Waals surface area (Å²) in [6.07, 6.45) is 0. The largest absolute Gasteiger partial charge is 0.293 e. The predicted octanol–water partition coefficient (Wildman–Crippen LogP) is 1.39. The zero-order chi connectivity index (χ0) is 7.72. The molecule has 0 aliphatic carbocycles. The fourth-order valence-corrected chi connectivity index (χ4v) is 1.43. The molecule has 1 fully saturated rings. The second-order valence-electron chi connectivity index (χ2n) is 1.71. The van der Waals surface area contributed by atoms with E-state index < -0.39 is 0 Å². The Morgan fingerprint density at radius 1 is 1.60 bits per heavy atom. The van der Waals surface area contributed by atoms with Crippen molar-refractivity contribution in [1.29, 1.82) is 0 Å². The van der Waals surface area contributed by atoms with Crippen LogP contribution in [0, 0.1) is 0 Å². The number of carbonyl (C=O) groups excluding carboxylic acids is 2. The molecule has 5 heteroatoms. The van der Waals surface area contributed by atoms with Gasteiger partial charge in [-0.05, 0) is 11.8 Å². The maximum Gasteiger partial charge on any atom is 0.293 e. The van der Waals surface area contributed by atoms with E-state index in [2.05, 4.69) is 0 Å². The van der Waals surface area contributed by atoms with Gasteiger partial charge in [0.25, 0.3) is 11.1 Å². The molecule has 54 valence electrons. The number of likely N-dealkylation sites (N-methyl/N-ethyl adjacent to an activating group) is 1. The van der Waals surface area contributed by atoms with Gasteiger partial charge in [0.15, 0.2) is 0 Å². The molecule has 0 saturated carbocycles. The second-order valence-corrected chi connectivity index (χ2v) is 2.92. The fraction of sp³-hybridized carbons (Fsp3) is 0.200. The zero-order valence-electron chi connectivity index (χ0n) is 5.13. The van der Waals surface area contributed by atoms with Crippen molar-refractivity contribution in [2.75, 3.05) is 7.05 Å². The average molecular weight is 178 g/mol. The molecule has 0 atom stereocenters. The van der Waals surface area contributed by atoms with Gasteiger partial charge in [0, 0.05) is 12.6 Å². The smallest absolute Gasteiger partial charge is 0.272 e. The molecule has 0 aromatic carbocycles. The van der Waals surface area contributed by atoms with Crippen LogP contribution in [0.15, 0.2) is 10.4 Å². The molecule has 10 heavy (non-hydrogen) atoms. The first kappa shape index (κ1) is 7.63. The van der Waals surface area contributed by atoms with Crippen molar-refractivity contribution in [3.05, 3.63) is 10.4 Å². The van der Waals surface area contributed by atoms with E-state index in [1.54, 1.807) is 0 Å². The van der Waals surface area contributed by atoms with E-state index >= 15 is 0 Å². The maximum absolute atomic E-state index is 10.9. The van der Waals surface area contributed by atoms with E-state index in [-0.39, 0.29) is 16.1 Å². The van der Waals surface area contributed by atoms with E-state index in [1.807, 2.05) is 0 Å². The Morgan fingerprint density at radius 3 is 2.40 bits per heavy atom. The van der Waals surface area contributed by atoms with E-state index in [0.29, 0.717) is 0 Å². The van der Waals surface area contributed by atoms with Crippen LogP contribution in [0.1, 0.15) is 0 Å². The highest BCUT2D eigenvalue weighted by Gasteiger charge is 2.31. The van der Waals surface area contributed by atoms with Gasteiger partial charge in [0.1, 0.15) is 0 Å². The molecular formula is C5H4ClNO2S. The Hall–Kier alpha value is -0.480. The van der Waals surface area contributed by atoms with E-state index in [0.717, 1.165) is 22.2 Å². The minimum Gasteiger partial charge on any atom is -0.272 e. The summed E-state index contributed by atoms with van der Waals surface area (Å²) in [6.45, 7) is 0. The van der Waals surface area contributed by atoms with Crippen LogP contribution < -0.4 is 0 Å². The Balaban J connectivity index is 2.92. The van der Waals surface area contributed by atoms with Gasteiger partial charge in [0.05, 0.1) is 4.91 Å². The van der Waals surface area contributed by atoms with Crippen LogP contribution in [0.2, 0.25) is 0 Å². The molecule has 0 radical (unpaired) electrons. The van der Waals surface area contributed by atoms with Gasteiger partial charge < -0.3 is 0 Å². The lowest BCUT2D eigenvalue weighted by Gasteiger charge is -1.99. The number of rotatable bonds is 0. The molecule has 2 amide bonds. The summed E-state index contributed by atoms with van der Waals surface area (Å²) in [5, 5.41) is -0.281. The first-order valence-corrected chi connectivity index (χ1v) is 3.72. The lowest BCUT2D eigenvalue weighted by molar-refractivity contribution is -0.121. The Kier molecular flexibility index (Phi) is 2.01. The van der Waals surface area contributed by atoms with Gasteiger partial charge in [-0.3, -0.25) is 14.5 Å². The number of imide groups is 1. The molecule has 1 aliphatic rings. The number of nitrogens with zero attached hydrogens (tertiary/aromatic N) is 1. The van der Waals surface area contributed by atoms with Gasteiger partial charge in [-0.1, -0.05) is 11.6 Å². The number of carbonyl (C=O) groups is 2. The van der Waals surface area contributed by atoms with Crippen molar-refractivity contribution >= 4 is 34.5 Å². The zero-order valence-corrected chi connectivity index (χ0v) is 6.70. The van der Waals surface area contributed by atoms with Crippen LogP contribution in [-0.4, -0.2) is 23.1 Å². The van der Waals surface area contributed by atoms with Crippen LogP contribution in [-0.2, 0) is 4.79 Å². The summed E-state index contributed by atoms with van der Waals surface area (Å²) < 4.78 is 0. The number of halogens is 1. The SMILES string of the molecule is CN1C(=O)S/C(=C\Cl)C1=O. The average Bonchev–Trinajstić information content (AvgIpc) is 2.17. The van der Waals surface area contributed by atoms with Crippen molar-refractivity contribution in [3.8, 4) is 0 Å². The van der Waals surface area contributed by atoms with Gasteiger partial charge in [0.2, 0.25) is 0 Å². The van der Waals surface area contributed by atoms with Crippen LogP contribution in [0.4, 0.5) is 4.79 Å². The third-order valence-corrected chi connectivity index (χ3v) is 2.39. The predicted molar refractivity (Wildman–Crippen MR) is 39.7 cm³/mol. The molecule has 0 bridgehead atoms.